The number of hydrogen-bond acceptors (Lipinski definition) is 5. The zero-order valence-electron chi connectivity index (χ0n) is 15.1. The van der Waals surface area contributed by atoms with Gasteiger partial charge >= 0.3 is 0 Å². The Bertz CT molecular complexity index is 1200. The number of methoxy groups -OCH3 is 1. The largest absolute Gasteiger partial charge is 0.497 e. The van der Waals surface area contributed by atoms with Crippen LogP contribution in [-0.2, 0) is 6.54 Å². The Morgan fingerprint density at radius 2 is 2.07 bits per heavy atom. The van der Waals surface area contributed by atoms with Crippen LogP contribution in [0.2, 0.25) is 0 Å². The third kappa shape index (κ3) is 3.64. The summed E-state index contributed by atoms with van der Waals surface area (Å²) in [5, 5.41) is 7.33. The Hall–Kier alpha value is -3.87. The molecule has 28 heavy (non-hydrogen) atoms. The van der Waals surface area contributed by atoms with E-state index in [2.05, 4.69) is 10.4 Å². The molecule has 1 amide bonds. The fraction of sp³-hybridized carbons (Fsp3) is 0.0952. The third-order valence-electron chi connectivity index (χ3n) is 4.25. The van der Waals surface area contributed by atoms with Crippen molar-refractivity contribution in [1.82, 2.24) is 9.78 Å². The zero-order valence-corrected chi connectivity index (χ0v) is 15.1. The molecule has 7 nitrogen and oxygen atoms in total. The predicted molar refractivity (Wildman–Crippen MR) is 105 cm³/mol. The van der Waals surface area contributed by atoms with E-state index in [1.165, 1.54) is 13.2 Å². The molecule has 0 aliphatic heterocycles. The van der Waals surface area contributed by atoms with Gasteiger partial charge in [-0.2, -0.15) is 5.10 Å². The smallest absolute Gasteiger partial charge is 0.291 e. The van der Waals surface area contributed by atoms with E-state index in [9.17, 15) is 9.59 Å². The highest BCUT2D eigenvalue weighted by atomic mass is 16.5. The first kappa shape index (κ1) is 17.5. The number of nitrogens with one attached hydrogen (secondary N) is 1. The molecule has 0 radical (unpaired) electrons. The minimum atomic E-state index is -0.502. The SMILES string of the molecule is COc1ccc2c(=O)cc(C(=O)Nc3cccc(Cn4cccn4)c3)oc2c1. The van der Waals surface area contributed by atoms with Gasteiger partial charge in [0.2, 0.25) is 0 Å². The molecule has 2 aromatic heterocycles. The highest BCUT2D eigenvalue weighted by molar-refractivity contribution is 6.03. The molecular formula is C21H17N3O4. The number of carbonyl (C=O) groups is 1. The first-order chi connectivity index (χ1) is 13.6. The molecule has 0 bridgehead atoms. The van der Waals surface area contributed by atoms with Crippen molar-refractivity contribution in [3.05, 3.63) is 88.5 Å². The third-order valence-corrected chi connectivity index (χ3v) is 4.25. The molecule has 1 N–H and O–H groups in total. The van der Waals surface area contributed by atoms with E-state index in [-0.39, 0.29) is 11.2 Å². The van der Waals surface area contributed by atoms with E-state index in [1.807, 2.05) is 30.5 Å². The number of rotatable bonds is 5. The molecule has 4 aromatic rings. The second-order valence-corrected chi connectivity index (χ2v) is 6.20. The van der Waals surface area contributed by atoms with Crippen molar-refractivity contribution < 1.29 is 13.9 Å². The van der Waals surface area contributed by atoms with E-state index in [4.69, 9.17) is 9.15 Å². The minimum absolute atomic E-state index is 0.0665. The second-order valence-electron chi connectivity index (χ2n) is 6.20. The number of ether oxygens (including phenoxy) is 1. The van der Waals surface area contributed by atoms with Crippen LogP contribution >= 0.6 is 0 Å². The van der Waals surface area contributed by atoms with Gasteiger partial charge in [-0.1, -0.05) is 12.1 Å². The highest BCUT2D eigenvalue weighted by Gasteiger charge is 2.13. The average Bonchev–Trinajstić information content (AvgIpc) is 3.20. The van der Waals surface area contributed by atoms with Gasteiger partial charge in [0.25, 0.3) is 5.91 Å². The lowest BCUT2D eigenvalue weighted by Crippen LogP contribution is -2.15. The Labute approximate surface area is 160 Å². The Morgan fingerprint density at radius 3 is 2.86 bits per heavy atom. The van der Waals surface area contributed by atoms with Crippen LogP contribution in [0.1, 0.15) is 16.1 Å². The summed E-state index contributed by atoms with van der Waals surface area (Å²) in [4.78, 5) is 24.9. The van der Waals surface area contributed by atoms with Crippen molar-refractivity contribution >= 4 is 22.6 Å². The summed E-state index contributed by atoms with van der Waals surface area (Å²) < 4.78 is 12.6. The lowest BCUT2D eigenvalue weighted by molar-refractivity contribution is 0.0997. The van der Waals surface area contributed by atoms with Crippen LogP contribution in [0.3, 0.4) is 0 Å². The number of nitrogens with zero attached hydrogens (tertiary/aromatic N) is 2. The topological polar surface area (TPSA) is 86.4 Å². The predicted octanol–water partition coefficient (Wildman–Crippen LogP) is 3.30. The Kier molecular flexibility index (Phi) is 4.63. The summed E-state index contributed by atoms with van der Waals surface area (Å²) in [7, 11) is 1.52. The summed E-state index contributed by atoms with van der Waals surface area (Å²) >= 11 is 0. The first-order valence-corrected chi connectivity index (χ1v) is 8.62. The number of aromatic nitrogens is 2. The van der Waals surface area contributed by atoms with E-state index in [1.54, 1.807) is 35.1 Å². The van der Waals surface area contributed by atoms with Crippen molar-refractivity contribution in [1.29, 1.82) is 0 Å². The van der Waals surface area contributed by atoms with Gasteiger partial charge in [0.05, 0.1) is 19.0 Å². The van der Waals surface area contributed by atoms with Gasteiger partial charge in [-0.15, -0.1) is 0 Å². The summed E-state index contributed by atoms with van der Waals surface area (Å²) in [6, 6.07) is 15.3. The lowest BCUT2D eigenvalue weighted by atomic mass is 10.2. The Morgan fingerprint density at radius 1 is 1.18 bits per heavy atom. The first-order valence-electron chi connectivity index (χ1n) is 8.62. The summed E-state index contributed by atoms with van der Waals surface area (Å²) in [5.74, 6) is -0.0270. The van der Waals surface area contributed by atoms with E-state index in [0.717, 1.165) is 5.56 Å². The van der Waals surface area contributed by atoms with Gasteiger partial charge in [-0.25, -0.2) is 0 Å². The molecule has 0 fully saturated rings. The molecule has 4 rings (SSSR count). The van der Waals surface area contributed by atoms with Gasteiger partial charge in [0, 0.05) is 30.2 Å². The summed E-state index contributed by atoms with van der Waals surface area (Å²) in [6.07, 6.45) is 3.58. The van der Waals surface area contributed by atoms with Crippen molar-refractivity contribution in [2.75, 3.05) is 12.4 Å². The van der Waals surface area contributed by atoms with Crippen LogP contribution < -0.4 is 15.5 Å². The second kappa shape index (κ2) is 7.40. The highest BCUT2D eigenvalue weighted by Crippen LogP contribution is 2.20. The standard InChI is InChI=1S/C21H17N3O4/c1-27-16-6-7-17-18(25)12-20(28-19(17)11-16)21(26)23-15-5-2-4-14(10-15)13-24-9-3-8-22-24/h2-12H,13H2,1H3,(H,23,26). The van der Waals surface area contributed by atoms with Gasteiger partial charge in [0.15, 0.2) is 11.2 Å². The molecule has 0 aliphatic carbocycles. The van der Waals surface area contributed by atoms with Gasteiger partial charge in [-0.3, -0.25) is 14.3 Å². The maximum absolute atomic E-state index is 12.6. The summed E-state index contributed by atoms with van der Waals surface area (Å²) in [6.45, 7) is 0.585. The van der Waals surface area contributed by atoms with Crippen LogP contribution in [0.15, 0.2) is 76.2 Å². The number of fused-ring (bicyclic) bond motifs is 1. The monoisotopic (exact) mass is 375 g/mol. The van der Waals surface area contributed by atoms with Crippen LogP contribution in [0.25, 0.3) is 11.0 Å². The molecule has 2 aromatic carbocycles. The maximum Gasteiger partial charge on any atom is 0.291 e. The molecular weight excluding hydrogens is 358 g/mol. The zero-order chi connectivity index (χ0) is 19.5. The normalized spacial score (nSPS) is 10.8. The van der Waals surface area contributed by atoms with Crippen molar-refractivity contribution in [2.24, 2.45) is 0 Å². The molecule has 140 valence electrons. The van der Waals surface area contributed by atoms with Gasteiger partial charge in [-0.05, 0) is 35.9 Å². The summed E-state index contributed by atoms with van der Waals surface area (Å²) in [5.41, 5.74) is 1.58. The van der Waals surface area contributed by atoms with Crippen LogP contribution in [0, 0.1) is 0 Å². The molecule has 2 heterocycles. The minimum Gasteiger partial charge on any atom is -0.497 e. The molecule has 0 aliphatic rings. The molecule has 0 saturated heterocycles. The number of carbonyl (C=O) groups excluding carboxylic acids is 1. The molecule has 0 atom stereocenters. The molecule has 0 saturated carbocycles. The lowest BCUT2D eigenvalue weighted by Gasteiger charge is -2.08. The number of hydrogen-bond donors (Lipinski definition) is 1. The van der Waals surface area contributed by atoms with Crippen LogP contribution in [0.5, 0.6) is 5.75 Å². The van der Waals surface area contributed by atoms with E-state index < -0.39 is 5.91 Å². The van der Waals surface area contributed by atoms with Crippen LogP contribution in [0.4, 0.5) is 5.69 Å². The van der Waals surface area contributed by atoms with Crippen LogP contribution in [-0.4, -0.2) is 22.8 Å². The van der Waals surface area contributed by atoms with E-state index in [0.29, 0.717) is 29.0 Å². The maximum atomic E-state index is 12.6. The molecule has 0 spiro atoms. The van der Waals surface area contributed by atoms with Crippen molar-refractivity contribution in [2.45, 2.75) is 6.54 Å². The molecule has 7 heteroatoms. The average molecular weight is 375 g/mol. The van der Waals surface area contributed by atoms with Crippen molar-refractivity contribution in [3.63, 3.8) is 0 Å². The molecule has 0 unspecified atom stereocenters. The number of benzene rings is 2. The van der Waals surface area contributed by atoms with Crippen molar-refractivity contribution in [3.8, 4) is 5.75 Å². The number of anilines is 1. The quantitative estimate of drug-likeness (QED) is 0.578. The number of amides is 1. The Balaban J connectivity index is 1.59. The fourth-order valence-electron chi connectivity index (χ4n) is 2.90. The van der Waals surface area contributed by atoms with Gasteiger partial charge in [0.1, 0.15) is 11.3 Å². The fourth-order valence-corrected chi connectivity index (χ4v) is 2.90. The van der Waals surface area contributed by atoms with Gasteiger partial charge < -0.3 is 14.5 Å². The van der Waals surface area contributed by atoms with E-state index >= 15 is 0 Å².